The predicted molar refractivity (Wildman–Crippen MR) is 97.1 cm³/mol. The zero-order valence-electron chi connectivity index (χ0n) is 14.4. The first-order valence-corrected chi connectivity index (χ1v) is 9.49. The second-order valence-electron chi connectivity index (χ2n) is 7.41. The highest BCUT2D eigenvalue weighted by molar-refractivity contribution is 6.03. The average molecular weight is 325 g/mol. The van der Waals surface area contributed by atoms with Crippen molar-refractivity contribution >= 4 is 17.5 Å². The van der Waals surface area contributed by atoms with Gasteiger partial charge in [-0.3, -0.25) is 4.79 Å². The third-order valence-electron chi connectivity index (χ3n) is 5.96. The van der Waals surface area contributed by atoms with Gasteiger partial charge < -0.3 is 9.64 Å². The molecule has 3 fully saturated rings. The molecule has 0 aromatic heterocycles. The molecule has 4 rings (SSSR count). The molecule has 1 atom stereocenters. The van der Waals surface area contributed by atoms with Crippen LogP contribution in [0.15, 0.2) is 29.8 Å². The molecule has 1 aliphatic heterocycles. The number of rotatable bonds is 3. The van der Waals surface area contributed by atoms with Crippen LogP contribution in [0.25, 0.3) is 6.08 Å². The van der Waals surface area contributed by atoms with E-state index in [1.807, 2.05) is 0 Å². The first-order valence-electron chi connectivity index (χ1n) is 9.49. The van der Waals surface area contributed by atoms with Gasteiger partial charge in [-0.1, -0.05) is 25.0 Å². The summed E-state index contributed by atoms with van der Waals surface area (Å²) in [5.74, 6) is 1.40. The fourth-order valence-corrected chi connectivity index (χ4v) is 4.56. The third-order valence-corrected chi connectivity index (χ3v) is 5.96. The number of ether oxygens (including phenoxy) is 1. The van der Waals surface area contributed by atoms with Crippen molar-refractivity contribution in [2.75, 3.05) is 31.2 Å². The molecule has 0 N–H and O–H groups in total. The molecule has 3 heteroatoms. The molecule has 1 aromatic carbocycles. The van der Waals surface area contributed by atoms with E-state index in [1.165, 1.54) is 31.4 Å². The molecule has 1 saturated heterocycles. The smallest absolute Gasteiger partial charge is 0.162 e. The number of hydrogen-bond acceptors (Lipinski definition) is 3. The number of allylic oxidation sites excluding steroid dienone is 1. The number of carbonyl (C=O) groups excluding carboxylic acids is 1. The van der Waals surface area contributed by atoms with Gasteiger partial charge in [-0.15, -0.1) is 0 Å². The topological polar surface area (TPSA) is 29.5 Å². The Kier molecular flexibility index (Phi) is 4.70. The van der Waals surface area contributed by atoms with Crippen LogP contribution in [0.2, 0.25) is 0 Å². The molecule has 2 aliphatic carbocycles. The van der Waals surface area contributed by atoms with Gasteiger partial charge in [-0.25, -0.2) is 0 Å². The SMILES string of the molecule is O=C1/C(=C/c2ccc(N3CCOCC3)cc2)CCC1C1CCCC1. The summed E-state index contributed by atoms with van der Waals surface area (Å²) >= 11 is 0. The first kappa shape index (κ1) is 15.9. The van der Waals surface area contributed by atoms with Crippen LogP contribution in [-0.2, 0) is 9.53 Å². The summed E-state index contributed by atoms with van der Waals surface area (Å²) in [6, 6.07) is 8.64. The van der Waals surface area contributed by atoms with E-state index in [4.69, 9.17) is 4.74 Å². The van der Waals surface area contributed by atoms with Crippen molar-refractivity contribution in [3.8, 4) is 0 Å². The summed E-state index contributed by atoms with van der Waals surface area (Å²) in [6.07, 6.45) is 9.32. The van der Waals surface area contributed by atoms with Gasteiger partial charge in [-0.05, 0) is 60.9 Å². The maximum absolute atomic E-state index is 12.7. The van der Waals surface area contributed by atoms with E-state index in [2.05, 4.69) is 35.2 Å². The maximum atomic E-state index is 12.7. The molecular weight excluding hydrogens is 298 g/mol. The molecule has 0 bridgehead atoms. The highest BCUT2D eigenvalue weighted by Crippen LogP contribution is 2.40. The minimum Gasteiger partial charge on any atom is -0.378 e. The number of benzene rings is 1. The molecule has 0 amide bonds. The van der Waals surface area contributed by atoms with E-state index in [-0.39, 0.29) is 0 Å². The molecule has 3 nitrogen and oxygen atoms in total. The Bertz CT molecular complexity index is 607. The Hall–Kier alpha value is -1.61. The van der Waals surface area contributed by atoms with Crippen molar-refractivity contribution in [3.63, 3.8) is 0 Å². The van der Waals surface area contributed by atoms with Gasteiger partial charge in [-0.2, -0.15) is 0 Å². The van der Waals surface area contributed by atoms with Crippen LogP contribution < -0.4 is 4.90 Å². The molecule has 1 heterocycles. The van der Waals surface area contributed by atoms with E-state index < -0.39 is 0 Å². The van der Waals surface area contributed by atoms with E-state index in [1.54, 1.807) is 0 Å². The van der Waals surface area contributed by atoms with Crippen molar-refractivity contribution in [2.45, 2.75) is 38.5 Å². The molecule has 1 unspecified atom stereocenters. The highest BCUT2D eigenvalue weighted by Gasteiger charge is 2.36. The van der Waals surface area contributed by atoms with Crippen LogP contribution in [0, 0.1) is 11.8 Å². The lowest BCUT2D eigenvalue weighted by Gasteiger charge is -2.28. The van der Waals surface area contributed by atoms with E-state index in [0.29, 0.717) is 17.6 Å². The molecular formula is C21H27NO2. The minimum absolute atomic E-state index is 0.311. The Balaban J connectivity index is 1.44. The summed E-state index contributed by atoms with van der Waals surface area (Å²) in [4.78, 5) is 15.1. The summed E-state index contributed by atoms with van der Waals surface area (Å²) in [7, 11) is 0. The zero-order chi connectivity index (χ0) is 16.4. The van der Waals surface area contributed by atoms with Crippen LogP contribution in [0.1, 0.15) is 44.1 Å². The number of anilines is 1. The largest absolute Gasteiger partial charge is 0.378 e. The molecule has 1 aromatic rings. The maximum Gasteiger partial charge on any atom is 0.162 e. The summed E-state index contributed by atoms with van der Waals surface area (Å²) in [5, 5.41) is 0. The van der Waals surface area contributed by atoms with Crippen molar-refractivity contribution in [1.29, 1.82) is 0 Å². The van der Waals surface area contributed by atoms with E-state index in [0.717, 1.165) is 50.3 Å². The van der Waals surface area contributed by atoms with Crippen LogP contribution in [0.3, 0.4) is 0 Å². The average Bonchev–Trinajstić information content (AvgIpc) is 3.27. The molecule has 0 radical (unpaired) electrons. The molecule has 0 spiro atoms. The van der Waals surface area contributed by atoms with Gasteiger partial charge in [0.05, 0.1) is 13.2 Å². The number of hydrogen-bond donors (Lipinski definition) is 0. The summed E-state index contributed by atoms with van der Waals surface area (Å²) < 4.78 is 5.41. The van der Waals surface area contributed by atoms with Crippen LogP contribution in [-0.4, -0.2) is 32.1 Å². The number of carbonyl (C=O) groups is 1. The second kappa shape index (κ2) is 7.10. The van der Waals surface area contributed by atoms with Gasteiger partial charge in [0.15, 0.2) is 5.78 Å². The monoisotopic (exact) mass is 325 g/mol. The first-order chi connectivity index (χ1) is 11.8. The molecule has 2 saturated carbocycles. The third kappa shape index (κ3) is 3.27. The van der Waals surface area contributed by atoms with Crippen molar-refractivity contribution < 1.29 is 9.53 Å². The summed E-state index contributed by atoms with van der Waals surface area (Å²) in [5.41, 5.74) is 3.45. The van der Waals surface area contributed by atoms with Gasteiger partial charge in [0, 0.05) is 24.7 Å². The highest BCUT2D eigenvalue weighted by atomic mass is 16.5. The Morgan fingerprint density at radius 3 is 2.42 bits per heavy atom. The molecule has 3 aliphatic rings. The lowest BCUT2D eigenvalue weighted by molar-refractivity contribution is -0.119. The number of morpholine rings is 1. The van der Waals surface area contributed by atoms with Crippen molar-refractivity contribution in [1.82, 2.24) is 0 Å². The van der Waals surface area contributed by atoms with Gasteiger partial charge in [0.2, 0.25) is 0 Å². The molecule has 24 heavy (non-hydrogen) atoms. The Morgan fingerprint density at radius 2 is 1.71 bits per heavy atom. The molecule has 128 valence electrons. The number of ketones is 1. The van der Waals surface area contributed by atoms with Crippen LogP contribution in [0.4, 0.5) is 5.69 Å². The van der Waals surface area contributed by atoms with Gasteiger partial charge >= 0.3 is 0 Å². The lowest BCUT2D eigenvalue weighted by atomic mass is 9.88. The van der Waals surface area contributed by atoms with Crippen LogP contribution in [0.5, 0.6) is 0 Å². The Labute approximate surface area is 144 Å². The van der Waals surface area contributed by atoms with E-state index >= 15 is 0 Å². The predicted octanol–water partition coefficient (Wildman–Crippen LogP) is 4.08. The van der Waals surface area contributed by atoms with E-state index in [9.17, 15) is 4.79 Å². The number of nitrogens with zero attached hydrogens (tertiary/aromatic N) is 1. The fourth-order valence-electron chi connectivity index (χ4n) is 4.56. The van der Waals surface area contributed by atoms with Crippen LogP contribution >= 0.6 is 0 Å². The fraction of sp³-hybridized carbons (Fsp3) is 0.571. The second-order valence-corrected chi connectivity index (χ2v) is 7.41. The minimum atomic E-state index is 0.311. The van der Waals surface area contributed by atoms with Gasteiger partial charge in [0.25, 0.3) is 0 Å². The van der Waals surface area contributed by atoms with Gasteiger partial charge in [0.1, 0.15) is 0 Å². The summed E-state index contributed by atoms with van der Waals surface area (Å²) in [6.45, 7) is 3.54. The van der Waals surface area contributed by atoms with Crippen molar-refractivity contribution in [2.24, 2.45) is 11.8 Å². The number of Topliss-reactive ketones (excluding diaryl/α,β-unsaturated/α-hetero) is 1. The quantitative estimate of drug-likeness (QED) is 0.784. The standard InChI is InChI=1S/C21H27NO2/c23-21-18(7-10-20(21)17-3-1-2-4-17)15-16-5-8-19(9-6-16)22-11-13-24-14-12-22/h5-6,8-9,15,17,20H,1-4,7,10-14H2/b18-15+. The Morgan fingerprint density at radius 1 is 1.00 bits per heavy atom. The zero-order valence-corrected chi connectivity index (χ0v) is 14.4. The normalized spacial score (nSPS) is 27.3. The van der Waals surface area contributed by atoms with Crippen molar-refractivity contribution in [3.05, 3.63) is 35.4 Å². The lowest BCUT2D eigenvalue weighted by Crippen LogP contribution is -2.36.